The lowest BCUT2D eigenvalue weighted by atomic mass is 10.1. The van der Waals surface area contributed by atoms with Crippen LogP contribution >= 0.6 is 11.6 Å². The van der Waals surface area contributed by atoms with E-state index >= 15 is 0 Å². The number of hydrogen-bond donors (Lipinski definition) is 1. The maximum atomic E-state index is 6.41. The Hall–Kier alpha value is -1.87. The molecule has 0 aliphatic heterocycles. The minimum atomic E-state index is 0.578. The maximum absolute atomic E-state index is 6.41. The molecule has 4 heteroatoms. The average Bonchev–Trinajstić information content (AvgIpc) is 2.59. The molecule has 1 N–H and O–H groups in total. The number of anilines is 1. The summed E-state index contributed by atoms with van der Waals surface area (Å²) in [7, 11) is 0. The van der Waals surface area contributed by atoms with Crippen molar-refractivity contribution in [1.29, 1.82) is 0 Å². The number of benzene rings is 2. The van der Waals surface area contributed by atoms with Gasteiger partial charge in [0.1, 0.15) is 0 Å². The molecule has 0 bridgehead atoms. The summed E-state index contributed by atoms with van der Waals surface area (Å²) in [6.45, 7) is 8.07. The summed E-state index contributed by atoms with van der Waals surface area (Å²) in [5, 5.41) is 4.08. The van der Waals surface area contributed by atoms with E-state index < -0.39 is 0 Å². The lowest BCUT2D eigenvalue weighted by molar-refractivity contribution is 0.277. The van der Waals surface area contributed by atoms with E-state index in [-0.39, 0.29) is 0 Å². The highest BCUT2D eigenvalue weighted by Gasteiger charge is 2.12. The van der Waals surface area contributed by atoms with Crippen molar-refractivity contribution in [1.82, 2.24) is 0 Å². The van der Waals surface area contributed by atoms with Crippen molar-refractivity contribution in [3.63, 3.8) is 0 Å². The third kappa shape index (κ3) is 4.81. The molecule has 0 aliphatic carbocycles. The lowest BCUT2D eigenvalue weighted by Crippen LogP contribution is -2.05. The molecule has 0 unspecified atom stereocenters. The van der Waals surface area contributed by atoms with Crippen molar-refractivity contribution in [2.45, 2.75) is 40.2 Å². The smallest absolute Gasteiger partial charge is 0.179 e. The molecule has 24 heavy (non-hydrogen) atoms. The molecular formula is C20H26ClNO2. The first-order valence-corrected chi connectivity index (χ1v) is 8.97. The number of ether oxygens (including phenoxy) is 2. The van der Waals surface area contributed by atoms with Crippen LogP contribution in [0.1, 0.15) is 38.3 Å². The van der Waals surface area contributed by atoms with Crippen LogP contribution in [0.5, 0.6) is 11.5 Å². The highest BCUT2D eigenvalue weighted by molar-refractivity contribution is 6.32. The van der Waals surface area contributed by atoms with Gasteiger partial charge in [0.05, 0.1) is 18.2 Å². The Bertz CT molecular complexity index is 658. The molecule has 3 nitrogen and oxygen atoms in total. The predicted molar refractivity (Wildman–Crippen MR) is 102 cm³/mol. The molecule has 2 aromatic rings. The van der Waals surface area contributed by atoms with Crippen LogP contribution in [0.3, 0.4) is 0 Å². The molecule has 0 heterocycles. The molecule has 2 aromatic carbocycles. The minimum Gasteiger partial charge on any atom is -0.490 e. The minimum absolute atomic E-state index is 0.578. The van der Waals surface area contributed by atoms with Gasteiger partial charge in [-0.1, -0.05) is 43.6 Å². The van der Waals surface area contributed by atoms with E-state index in [1.807, 2.05) is 25.1 Å². The van der Waals surface area contributed by atoms with Gasteiger partial charge in [-0.2, -0.15) is 0 Å². The fourth-order valence-electron chi connectivity index (χ4n) is 2.53. The molecular weight excluding hydrogens is 322 g/mol. The molecule has 0 amide bonds. The second kappa shape index (κ2) is 9.43. The van der Waals surface area contributed by atoms with E-state index in [0.717, 1.165) is 24.1 Å². The Kier molecular flexibility index (Phi) is 7.26. The molecule has 0 radical (unpaired) electrons. The van der Waals surface area contributed by atoms with Gasteiger partial charge in [0, 0.05) is 12.2 Å². The van der Waals surface area contributed by atoms with Gasteiger partial charge in [-0.3, -0.25) is 0 Å². The first kappa shape index (κ1) is 18.5. The van der Waals surface area contributed by atoms with Crippen LogP contribution in [0.15, 0.2) is 36.4 Å². The zero-order chi connectivity index (χ0) is 17.4. The lowest BCUT2D eigenvalue weighted by Gasteiger charge is -2.16. The van der Waals surface area contributed by atoms with Crippen molar-refractivity contribution < 1.29 is 9.47 Å². The Morgan fingerprint density at radius 3 is 2.54 bits per heavy atom. The zero-order valence-electron chi connectivity index (χ0n) is 14.7. The summed E-state index contributed by atoms with van der Waals surface area (Å²) >= 11 is 6.41. The first-order chi connectivity index (χ1) is 11.7. The van der Waals surface area contributed by atoms with Crippen molar-refractivity contribution in [3.8, 4) is 11.5 Å². The SMILES string of the molecule is CCCOc1c(Cl)cc(CNc2ccccc2CC)cc1OCC. The van der Waals surface area contributed by atoms with Crippen LogP contribution < -0.4 is 14.8 Å². The molecule has 0 fully saturated rings. The fourth-order valence-corrected chi connectivity index (χ4v) is 2.82. The van der Waals surface area contributed by atoms with Gasteiger partial charge < -0.3 is 14.8 Å². The monoisotopic (exact) mass is 347 g/mol. The largest absolute Gasteiger partial charge is 0.490 e. The van der Waals surface area contributed by atoms with Gasteiger partial charge in [-0.25, -0.2) is 0 Å². The van der Waals surface area contributed by atoms with Crippen molar-refractivity contribution in [2.24, 2.45) is 0 Å². The van der Waals surface area contributed by atoms with E-state index in [1.54, 1.807) is 0 Å². The third-order valence-electron chi connectivity index (χ3n) is 3.70. The highest BCUT2D eigenvalue weighted by atomic mass is 35.5. The summed E-state index contributed by atoms with van der Waals surface area (Å²) in [4.78, 5) is 0. The maximum Gasteiger partial charge on any atom is 0.179 e. The van der Waals surface area contributed by atoms with Gasteiger partial charge in [0.2, 0.25) is 0 Å². The molecule has 0 saturated carbocycles. The van der Waals surface area contributed by atoms with Gasteiger partial charge in [-0.15, -0.1) is 0 Å². The topological polar surface area (TPSA) is 30.5 Å². The Morgan fingerprint density at radius 1 is 1.04 bits per heavy atom. The summed E-state index contributed by atoms with van der Waals surface area (Å²) in [5.74, 6) is 1.34. The van der Waals surface area contributed by atoms with E-state index in [0.29, 0.717) is 36.3 Å². The Labute approximate surface area is 149 Å². The molecule has 0 aliphatic rings. The average molecular weight is 348 g/mol. The van der Waals surface area contributed by atoms with Gasteiger partial charge in [0.25, 0.3) is 0 Å². The first-order valence-electron chi connectivity index (χ1n) is 8.59. The van der Waals surface area contributed by atoms with Crippen LogP contribution in [0, 0.1) is 0 Å². The molecule has 2 rings (SSSR count). The molecule has 0 aromatic heterocycles. The normalized spacial score (nSPS) is 10.5. The van der Waals surface area contributed by atoms with Crippen LogP contribution in [-0.2, 0) is 13.0 Å². The van der Waals surface area contributed by atoms with E-state index in [1.165, 1.54) is 5.56 Å². The number of rotatable bonds is 9. The van der Waals surface area contributed by atoms with Crippen LogP contribution in [0.4, 0.5) is 5.69 Å². The summed E-state index contributed by atoms with van der Waals surface area (Å²) in [5.41, 5.74) is 3.52. The summed E-state index contributed by atoms with van der Waals surface area (Å²) in [6, 6.07) is 12.3. The fraction of sp³-hybridized carbons (Fsp3) is 0.400. The van der Waals surface area contributed by atoms with Crippen molar-refractivity contribution in [2.75, 3.05) is 18.5 Å². The summed E-state index contributed by atoms with van der Waals surface area (Å²) in [6.07, 6.45) is 1.93. The molecule has 0 atom stereocenters. The standard InChI is InChI=1S/C20H26ClNO2/c1-4-11-24-20-17(21)12-15(13-19(20)23-6-3)14-22-18-10-8-7-9-16(18)5-2/h7-10,12-13,22H,4-6,11,14H2,1-3H3. The molecule has 0 saturated heterocycles. The summed E-state index contributed by atoms with van der Waals surface area (Å²) < 4.78 is 11.5. The Morgan fingerprint density at radius 2 is 1.83 bits per heavy atom. The number of aryl methyl sites for hydroxylation is 1. The van der Waals surface area contributed by atoms with E-state index in [2.05, 4.69) is 37.4 Å². The van der Waals surface area contributed by atoms with E-state index in [9.17, 15) is 0 Å². The van der Waals surface area contributed by atoms with Gasteiger partial charge in [0.15, 0.2) is 11.5 Å². The second-order valence-corrected chi connectivity index (χ2v) is 5.96. The quantitative estimate of drug-likeness (QED) is 0.631. The van der Waals surface area contributed by atoms with Crippen LogP contribution in [-0.4, -0.2) is 13.2 Å². The zero-order valence-corrected chi connectivity index (χ0v) is 15.5. The second-order valence-electron chi connectivity index (χ2n) is 5.55. The highest BCUT2D eigenvalue weighted by Crippen LogP contribution is 2.37. The van der Waals surface area contributed by atoms with E-state index in [4.69, 9.17) is 21.1 Å². The number of halogens is 1. The predicted octanol–water partition coefficient (Wildman–Crippen LogP) is 5.70. The number of para-hydroxylation sites is 1. The van der Waals surface area contributed by atoms with Gasteiger partial charge >= 0.3 is 0 Å². The number of hydrogen-bond acceptors (Lipinski definition) is 3. The molecule has 0 spiro atoms. The van der Waals surface area contributed by atoms with Crippen molar-refractivity contribution in [3.05, 3.63) is 52.5 Å². The molecule has 130 valence electrons. The third-order valence-corrected chi connectivity index (χ3v) is 3.98. The number of nitrogens with one attached hydrogen (secondary N) is 1. The van der Waals surface area contributed by atoms with Crippen LogP contribution in [0.25, 0.3) is 0 Å². The van der Waals surface area contributed by atoms with Crippen LogP contribution in [0.2, 0.25) is 5.02 Å². The van der Waals surface area contributed by atoms with Gasteiger partial charge in [-0.05, 0) is 49.1 Å². The van der Waals surface area contributed by atoms with Crippen molar-refractivity contribution >= 4 is 17.3 Å². The Balaban J connectivity index is 2.18.